The van der Waals surface area contributed by atoms with Crippen molar-refractivity contribution in [3.8, 4) is 11.5 Å². The number of fused-ring (bicyclic) bond motifs is 1. The molecule has 0 unspecified atom stereocenters. The summed E-state index contributed by atoms with van der Waals surface area (Å²) < 4.78 is 75.3. The molecular weight excluding hydrogens is 850 g/mol. The number of rotatable bonds is 15. The van der Waals surface area contributed by atoms with Crippen molar-refractivity contribution in [2.45, 2.75) is 19.6 Å². The predicted molar refractivity (Wildman–Crippen MR) is 180 cm³/mol. The van der Waals surface area contributed by atoms with Gasteiger partial charge in [-0.1, -0.05) is 10.1 Å². The van der Waals surface area contributed by atoms with Gasteiger partial charge in [0.25, 0.3) is 20.2 Å². The molecule has 0 aliphatic rings. The summed E-state index contributed by atoms with van der Waals surface area (Å²) in [6.07, 6.45) is 0. The van der Waals surface area contributed by atoms with Crippen LogP contribution < -0.4 is 21.5 Å². The second kappa shape index (κ2) is 17.2. The molecule has 1 heterocycles. The van der Waals surface area contributed by atoms with E-state index in [4.69, 9.17) is 22.1 Å². The van der Waals surface area contributed by atoms with Crippen LogP contribution in [0.5, 0.6) is 11.5 Å². The van der Waals surface area contributed by atoms with Crippen molar-refractivity contribution in [1.29, 1.82) is 0 Å². The quantitative estimate of drug-likeness (QED) is 0.0158. The zero-order valence-electron chi connectivity index (χ0n) is 24.9. The average Bonchev–Trinajstić information content (AvgIpc) is 3.06. The number of nitrogens with zero attached hydrogens (tertiary/aromatic N) is 3. The number of phenols is 2. The zero-order chi connectivity index (χ0) is 36.9. The molecule has 0 saturated heterocycles. The van der Waals surface area contributed by atoms with Crippen LogP contribution in [0.25, 0.3) is 10.8 Å². The number of anilines is 6. The van der Waals surface area contributed by atoms with Crippen molar-refractivity contribution in [2.24, 2.45) is 0 Å². The third kappa shape index (κ3) is 10.1. The Kier molecular flexibility index (Phi) is 13.5. The SMILES string of the molecule is O=S(=O)(O)c1ccc(Nc2nc(Cl)nc(Nc3cc(S(=O)(=O)O)cc4cc(SOOO)c(NNc5cc(SOOO)ccc5O)c(O)c34)n2)cc1.[Cu]. The van der Waals surface area contributed by atoms with Crippen LogP contribution in [0.2, 0.25) is 5.28 Å². The second-order valence-corrected chi connectivity index (χ2v) is 14.2. The van der Waals surface area contributed by atoms with E-state index in [2.05, 4.69) is 55.2 Å². The zero-order valence-corrected chi connectivity index (χ0v) is 29.8. The van der Waals surface area contributed by atoms with Gasteiger partial charge in [-0.25, -0.2) is 10.5 Å². The van der Waals surface area contributed by atoms with E-state index in [0.29, 0.717) is 29.0 Å². The second-order valence-electron chi connectivity index (χ2n) is 9.52. The molecule has 0 atom stereocenters. The molecule has 0 spiro atoms. The molecule has 281 valence electrons. The molecule has 0 bridgehead atoms. The van der Waals surface area contributed by atoms with Crippen LogP contribution in [-0.4, -0.2) is 61.6 Å². The van der Waals surface area contributed by atoms with Gasteiger partial charge in [0.2, 0.25) is 17.2 Å². The molecule has 0 aliphatic carbocycles. The van der Waals surface area contributed by atoms with Crippen molar-refractivity contribution >= 4 is 101 Å². The van der Waals surface area contributed by atoms with Crippen LogP contribution >= 0.6 is 35.7 Å². The maximum Gasteiger partial charge on any atom is 0.294 e. The number of aromatic nitrogens is 3. The van der Waals surface area contributed by atoms with Gasteiger partial charge < -0.3 is 20.8 Å². The first-order valence-corrected chi connectivity index (χ1v) is 17.9. The summed E-state index contributed by atoms with van der Waals surface area (Å²) in [7, 11) is -9.32. The summed E-state index contributed by atoms with van der Waals surface area (Å²) in [5, 5.41) is 51.3. The number of hydrogen-bond donors (Lipinski definition) is 10. The maximum absolute atomic E-state index is 12.3. The van der Waals surface area contributed by atoms with Crippen LogP contribution in [0.15, 0.2) is 80.2 Å². The molecule has 0 saturated carbocycles. The van der Waals surface area contributed by atoms with E-state index >= 15 is 0 Å². The van der Waals surface area contributed by atoms with Crippen molar-refractivity contribution in [2.75, 3.05) is 21.5 Å². The van der Waals surface area contributed by atoms with Crippen LogP contribution in [0.3, 0.4) is 0 Å². The Hall–Kier alpha value is -3.96. The number of phenolic OH excluding ortho intramolecular Hbond substituents is 2. The van der Waals surface area contributed by atoms with Gasteiger partial charge >= 0.3 is 0 Å². The van der Waals surface area contributed by atoms with E-state index in [9.17, 15) is 36.2 Å². The van der Waals surface area contributed by atoms with Gasteiger partial charge in [0.15, 0.2) is 5.75 Å². The third-order valence-electron chi connectivity index (χ3n) is 6.31. The number of benzene rings is 4. The van der Waals surface area contributed by atoms with Gasteiger partial charge in [-0.3, -0.25) is 20.0 Å². The van der Waals surface area contributed by atoms with Gasteiger partial charge in [0, 0.05) is 33.0 Å². The Morgan fingerprint density at radius 3 is 1.98 bits per heavy atom. The summed E-state index contributed by atoms with van der Waals surface area (Å²) in [5.41, 5.74) is 5.21. The largest absolute Gasteiger partial charge is 0.506 e. The molecule has 5 aromatic rings. The fraction of sp³-hybridized carbons (Fsp3) is 0. The Morgan fingerprint density at radius 1 is 0.712 bits per heavy atom. The minimum Gasteiger partial charge on any atom is -0.506 e. The molecule has 10 N–H and O–H groups in total. The normalized spacial score (nSPS) is 11.6. The van der Waals surface area contributed by atoms with Gasteiger partial charge in [-0.05, 0) is 77.7 Å². The first-order chi connectivity index (χ1) is 24.2. The molecule has 1 radical (unpaired) electrons. The summed E-state index contributed by atoms with van der Waals surface area (Å²) >= 11 is 7.05. The van der Waals surface area contributed by atoms with E-state index in [1.54, 1.807) is 0 Å². The van der Waals surface area contributed by atoms with E-state index in [1.165, 1.54) is 36.4 Å². The molecule has 4 aromatic carbocycles. The smallest absolute Gasteiger partial charge is 0.294 e. The van der Waals surface area contributed by atoms with E-state index in [0.717, 1.165) is 24.3 Å². The Balaban J connectivity index is 0.00000605. The molecule has 5 rings (SSSR count). The topological polar surface area (TPSA) is 313 Å². The number of aromatic hydroxyl groups is 2. The van der Waals surface area contributed by atoms with E-state index in [1.807, 2.05) is 0 Å². The summed E-state index contributed by atoms with van der Waals surface area (Å²) in [4.78, 5) is 11.4. The maximum atomic E-state index is 12.3. The Bertz CT molecular complexity index is 2310. The first-order valence-electron chi connectivity index (χ1n) is 13.1. The van der Waals surface area contributed by atoms with Crippen LogP contribution in [0.1, 0.15) is 0 Å². The molecular formula is C25H20ClCuN7O14S4. The van der Waals surface area contributed by atoms with Gasteiger partial charge in [-0.2, -0.15) is 31.8 Å². The third-order valence-corrected chi connectivity index (χ3v) is 9.39. The number of nitrogens with one attached hydrogen (secondary N) is 4. The van der Waals surface area contributed by atoms with E-state index < -0.39 is 30.9 Å². The van der Waals surface area contributed by atoms with Crippen molar-refractivity contribution in [1.82, 2.24) is 15.0 Å². The molecule has 1 aromatic heterocycles. The van der Waals surface area contributed by atoms with Crippen molar-refractivity contribution in [3.63, 3.8) is 0 Å². The Labute approximate surface area is 315 Å². The molecule has 27 heteroatoms. The average molecular weight is 870 g/mol. The van der Waals surface area contributed by atoms with Gasteiger partial charge in [0.1, 0.15) is 11.4 Å². The summed E-state index contributed by atoms with van der Waals surface area (Å²) in [6, 6.07) is 12.1. The minimum absolute atomic E-state index is 0. The molecule has 0 amide bonds. The standard InChI is InChI=1S/C25H20ClN7O14S4.Cu/c26-23-29-24(27-12-1-4-14(5-2-12)50(38,39)40)31-25(30-23)28-17-10-15(51(41,42)43)7-11-8-19(49-47-45-37)21(22(35)20(11)17)33-32-16-9-13(48-46-44-36)3-6-18(16)34;/h1-10,32-37H,(H,38,39,40)(H,41,42,43)(H2,27,28,29,30,31);. The molecule has 52 heavy (non-hydrogen) atoms. The number of hydrazine groups is 1. The van der Waals surface area contributed by atoms with Gasteiger partial charge in [0.05, 0.1) is 50.1 Å². The number of halogens is 1. The van der Waals surface area contributed by atoms with E-state index in [-0.39, 0.29) is 83.3 Å². The Morgan fingerprint density at radius 2 is 1.35 bits per heavy atom. The first kappa shape index (κ1) is 40.8. The van der Waals surface area contributed by atoms with Crippen LogP contribution in [-0.2, 0) is 56.0 Å². The van der Waals surface area contributed by atoms with Crippen LogP contribution in [0, 0.1) is 0 Å². The van der Waals surface area contributed by atoms with Gasteiger partial charge in [-0.15, -0.1) is 8.67 Å². The minimum atomic E-state index is -4.86. The van der Waals surface area contributed by atoms with Crippen molar-refractivity contribution in [3.05, 3.63) is 65.9 Å². The fourth-order valence-electron chi connectivity index (χ4n) is 4.23. The summed E-state index contributed by atoms with van der Waals surface area (Å²) in [6.45, 7) is 0. The molecule has 0 aliphatic heterocycles. The summed E-state index contributed by atoms with van der Waals surface area (Å²) in [5.74, 6) is -1.38. The monoisotopic (exact) mass is 868 g/mol. The van der Waals surface area contributed by atoms with Crippen LogP contribution in [0.4, 0.5) is 34.6 Å². The van der Waals surface area contributed by atoms with Crippen molar-refractivity contribution < 1.29 is 82.5 Å². The predicted octanol–water partition coefficient (Wildman–Crippen LogP) is 5.36. The molecule has 21 nitrogen and oxygen atoms in total. The fourth-order valence-corrected chi connectivity index (χ4v) is 6.32. The number of hydrogen-bond acceptors (Lipinski definition) is 21. The molecule has 0 fully saturated rings.